The van der Waals surface area contributed by atoms with Crippen LogP contribution in [0.1, 0.15) is 38.7 Å². The smallest absolute Gasteiger partial charge is 0.189 e. The third-order valence-corrected chi connectivity index (χ3v) is 2.86. The van der Waals surface area contributed by atoms with E-state index >= 15 is 0 Å². The summed E-state index contributed by atoms with van der Waals surface area (Å²) in [5.41, 5.74) is 6.90. The number of guanidine groups is 1. The molecule has 0 radical (unpaired) electrons. The lowest BCUT2D eigenvalue weighted by atomic mass is 10.1. The number of hydrogen-bond acceptors (Lipinski definition) is 1. The van der Waals surface area contributed by atoms with Gasteiger partial charge in [0, 0.05) is 11.5 Å². The Balaban J connectivity index is 0.00000180. The van der Waals surface area contributed by atoms with Crippen LogP contribution in [-0.2, 0) is 0 Å². The minimum atomic E-state index is -0.201. The van der Waals surface area contributed by atoms with E-state index in [-0.39, 0.29) is 41.4 Å². The summed E-state index contributed by atoms with van der Waals surface area (Å²) in [5, 5.41) is 3.14. The Morgan fingerprint density at radius 3 is 2.42 bits per heavy atom. The molecule has 0 aromatic heterocycles. The van der Waals surface area contributed by atoms with E-state index in [2.05, 4.69) is 10.3 Å². The zero-order valence-electron chi connectivity index (χ0n) is 11.5. The largest absolute Gasteiger partial charge is 0.370 e. The molecule has 0 bridgehead atoms. The summed E-state index contributed by atoms with van der Waals surface area (Å²) in [6.07, 6.45) is 0.984. The van der Waals surface area contributed by atoms with Crippen molar-refractivity contribution in [3.8, 4) is 0 Å². The first-order valence-electron chi connectivity index (χ1n) is 6.22. The van der Waals surface area contributed by atoms with E-state index in [9.17, 15) is 4.39 Å². The normalized spacial score (nSPS) is 22.6. The maximum absolute atomic E-state index is 12.8. The first-order chi connectivity index (χ1) is 8.35. The van der Waals surface area contributed by atoms with Gasteiger partial charge in [0.05, 0.1) is 6.04 Å². The van der Waals surface area contributed by atoms with Crippen molar-refractivity contribution in [1.82, 2.24) is 5.32 Å². The molecule has 0 amide bonds. The minimum absolute atomic E-state index is 0. The molecule has 5 heteroatoms. The number of aliphatic imine (C=N–C) groups is 1. The molecule has 3 nitrogen and oxygen atoms in total. The van der Waals surface area contributed by atoms with E-state index in [0.717, 1.165) is 12.0 Å². The SMILES string of the molecule is CC(C)(C)NC(N)=N[C@@H]1C[C@H]1c1ccc(F)cc1.I. The first-order valence-corrected chi connectivity index (χ1v) is 6.22. The molecule has 1 fully saturated rings. The van der Waals surface area contributed by atoms with Gasteiger partial charge in [-0.2, -0.15) is 0 Å². The molecule has 2 atom stereocenters. The number of hydrogen-bond donors (Lipinski definition) is 2. The van der Waals surface area contributed by atoms with Crippen LogP contribution in [0.5, 0.6) is 0 Å². The molecule has 106 valence electrons. The van der Waals surface area contributed by atoms with Crippen LogP contribution >= 0.6 is 24.0 Å². The van der Waals surface area contributed by atoms with Gasteiger partial charge in [0.15, 0.2) is 5.96 Å². The lowest BCUT2D eigenvalue weighted by Crippen LogP contribution is -2.45. The Kier molecular flexibility index (Phi) is 5.18. The number of benzene rings is 1. The minimum Gasteiger partial charge on any atom is -0.370 e. The molecule has 1 aliphatic rings. The Hall–Kier alpha value is -0.850. The van der Waals surface area contributed by atoms with E-state index in [1.165, 1.54) is 12.1 Å². The summed E-state index contributed by atoms with van der Waals surface area (Å²) in [6, 6.07) is 6.85. The van der Waals surface area contributed by atoms with Gasteiger partial charge in [-0.3, -0.25) is 0 Å². The van der Waals surface area contributed by atoms with Gasteiger partial charge in [-0.15, -0.1) is 24.0 Å². The van der Waals surface area contributed by atoms with E-state index in [1.807, 2.05) is 32.9 Å². The van der Waals surface area contributed by atoms with Crippen molar-refractivity contribution >= 4 is 29.9 Å². The summed E-state index contributed by atoms with van der Waals surface area (Å²) < 4.78 is 12.8. The monoisotopic (exact) mass is 377 g/mol. The van der Waals surface area contributed by atoms with Gasteiger partial charge in [0.25, 0.3) is 0 Å². The van der Waals surface area contributed by atoms with Gasteiger partial charge in [-0.25, -0.2) is 9.38 Å². The van der Waals surface area contributed by atoms with Crippen molar-refractivity contribution in [2.24, 2.45) is 10.7 Å². The molecule has 0 saturated heterocycles. The van der Waals surface area contributed by atoms with Crippen LogP contribution < -0.4 is 11.1 Å². The molecule has 0 unspecified atom stereocenters. The Morgan fingerprint density at radius 2 is 1.89 bits per heavy atom. The molecule has 1 aromatic rings. The summed E-state index contributed by atoms with van der Waals surface area (Å²) in [4.78, 5) is 4.44. The van der Waals surface area contributed by atoms with Crippen molar-refractivity contribution in [3.05, 3.63) is 35.6 Å². The van der Waals surface area contributed by atoms with Gasteiger partial charge in [-0.05, 0) is 44.9 Å². The topological polar surface area (TPSA) is 50.4 Å². The van der Waals surface area contributed by atoms with Crippen molar-refractivity contribution in [2.75, 3.05) is 0 Å². The van der Waals surface area contributed by atoms with Crippen LogP contribution in [0.2, 0.25) is 0 Å². The highest BCUT2D eigenvalue weighted by Gasteiger charge is 2.38. The highest BCUT2D eigenvalue weighted by atomic mass is 127. The fourth-order valence-electron chi connectivity index (χ4n) is 1.99. The van der Waals surface area contributed by atoms with E-state index in [0.29, 0.717) is 11.9 Å². The van der Waals surface area contributed by atoms with Crippen LogP contribution in [0, 0.1) is 5.82 Å². The molecule has 19 heavy (non-hydrogen) atoms. The standard InChI is InChI=1S/C14H20FN3.HI/c1-14(2,3)18-13(16)17-12-8-11(12)9-4-6-10(15)7-5-9;/h4-7,11-12H,8H2,1-3H3,(H3,16,17,18);1H/t11-,12+;/m0./s1. The molecule has 2 rings (SSSR count). The lowest BCUT2D eigenvalue weighted by molar-refractivity contribution is 0.508. The van der Waals surface area contributed by atoms with E-state index in [4.69, 9.17) is 5.73 Å². The highest BCUT2D eigenvalue weighted by Crippen LogP contribution is 2.43. The number of nitrogens with two attached hydrogens (primary N) is 1. The van der Waals surface area contributed by atoms with Gasteiger partial charge < -0.3 is 11.1 Å². The second kappa shape index (κ2) is 6.07. The van der Waals surface area contributed by atoms with Crippen LogP contribution in [0.15, 0.2) is 29.3 Å². The van der Waals surface area contributed by atoms with E-state index in [1.54, 1.807) is 0 Å². The van der Waals surface area contributed by atoms with Gasteiger partial charge in [0.2, 0.25) is 0 Å². The molecule has 0 aliphatic heterocycles. The maximum atomic E-state index is 12.8. The average molecular weight is 377 g/mol. The van der Waals surface area contributed by atoms with Crippen molar-refractivity contribution < 1.29 is 4.39 Å². The summed E-state index contributed by atoms with van der Waals surface area (Å²) in [7, 11) is 0. The van der Waals surface area contributed by atoms with Crippen LogP contribution in [0.25, 0.3) is 0 Å². The van der Waals surface area contributed by atoms with Crippen LogP contribution in [-0.4, -0.2) is 17.5 Å². The van der Waals surface area contributed by atoms with Crippen molar-refractivity contribution in [2.45, 2.75) is 44.7 Å². The van der Waals surface area contributed by atoms with Gasteiger partial charge >= 0.3 is 0 Å². The molecule has 0 heterocycles. The lowest BCUT2D eigenvalue weighted by Gasteiger charge is -2.21. The van der Waals surface area contributed by atoms with Gasteiger partial charge in [0.1, 0.15) is 5.82 Å². The molecular formula is C14H21FIN3. The second-order valence-corrected chi connectivity index (χ2v) is 5.85. The fraction of sp³-hybridized carbons (Fsp3) is 0.500. The molecule has 1 saturated carbocycles. The maximum Gasteiger partial charge on any atom is 0.189 e. The second-order valence-electron chi connectivity index (χ2n) is 5.85. The number of halogens is 2. The van der Waals surface area contributed by atoms with Crippen molar-refractivity contribution in [1.29, 1.82) is 0 Å². The van der Waals surface area contributed by atoms with E-state index < -0.39 is 0 Å². The summed E-state index contributed by atoms with van der Waals surface area (Å²) in [6.45, 7) is 6.12. The number of nitrogens with zero attached hydrogens (tertiary/aromatic N) is 1. The van der Waals surface area contributed by atoms with Crippen LogP contribution in [0.4, 0.5) is 4.39 Å². The number of nitrogens with one attached hydrogen (secondary N) is 1. The first kappa shape index (κ1) is 16.2. The zero-order chi connectivity index (χ0) is 13.3. The molecule has 1 aliphatic carbocycles. The third kappa shape index (κ3) is 4.97. The Labute approximate surface area is 130 Å². The van der Waals surface area contributed by atoms with Crippen molar-refractivity contribution in [3.63, 3.8) is 0 Å². The Morgan fingerprint density at radius 1 is 1.32 bits per heavy atom. The summed E-state index contributed by atoms with van der Waals surface area (Å²) in [5.74, 6) is 0.663. The fourth-order valence-corrected chi connectivity index (χ4v) is 1.99. The van der Waals surface area contributed by atoms with Crippen LogP contribution in [0.3, 0.4) is 0 Å². The zero-order valence-corrected chi connectivity index (χ0v) is 13.8. The predicted octanol–water partition coefficient (Wildman–Crippen LogP) is 3.00. The Bertz CT molecular complexity index is 451. The quantitative estimate of drug-likeness (QED) is 0.473. The molecule has 3 N–H and O–H groups in total. The molecule has 1 aromatic carbocycles. The molecular weight excluding hydrogens is 356 g/mol. The average Bonchev–Trinajstić information content (AvgIpc) is 2.95. The molecule has 0 spiro atoms. The predicted molar refractivity (Wildman–Crippen MR) is 87.5 cm³/mol. The number of rotatable bonds is 2. The third-order valence-electron chi connectivity index (χ3n) is 2.86. The highest BCUT2D eigenvalue weighted by molar-refractivity contribution is 14.0. The summed E-state index contributed by atoms with van der Waals surface area (Å²) >= 11 is 0. The van der Waals surface area contributed by atoms with Gasteiger partial charge in [-0.1, -0.05) is 12.1 Å².